The second-order valence-corrected chi connectivity index (χ2v) is 0.990. The van der Waals surface area contributed by atoms with Crippen molar-refractivity contribution in [2.75, 3.05) is 0 Å². The number of nitrogens with zero attached hydrogens (tertiary/aromatic N) is 1. The van der Waals surface area contributed by atoms with Crippen molar-refractivity contribution in [2.24, 2.45) is 0 Å². The molecule has 1 fully saturated rings. The molecule has 0 bridgehead atoms. The minimum Gasteiger partial charge on any atom is -0.142 e. The summed E-state index contributed by atoms with van der Waals surface area (Å²) in [6, 6.07) is 0. The van der Waals surface area contributed by atoms with E-state index in [0.29, 0.717) is 4.92 Å². The van der Waals surface area contributed by atoms with Gasteiger partial charge in [-0.1, -0.05) is 0 Å². The van der Waals surface area contributed by atoms with Gasteiger partial charge < -0.3 is 0 Å². The Kier molecular flexibility index (Phi) is 0.251. The molecule has 1 heterocycles. The zero-order valence-corrected chi connectivity index (χ0v) is 2.84. The molecular weight excluding hydrogens is 70.0 g/mol. The van der Waals surface area contributed by atoms with Crippen LogP contribution in [0.3, 0.4) is 0 Å². The third-order valence-electron chi connectivity index (χ3n) is 0.508. The number of hydrogen-bond donors (Lipinski definition) is 0. The fourth-order valence-electron chi connectivity index (χ4n) is 0.123. The molecule has 1 aliphatic heterocycles. The fourth-order valence-corrected chi connectivity index (χ4v) is 0.123. The molecule has 0 aromatic rings. The molecule has 0 aromatic heterocycles. The smallest absolute Gasteiger partial charge is 0.142 e. The second-order valence-electron chi connectivity index (χ2n) is 0.990. The van der Waals surface area contributed by atoms with E-state index in [4.69, 9.17) is 0 Å². The Morgan fingerprint density at radius 3 is 2.20 bits per heavy atom. The van der Waals surface area contributed by atoms with Gasteiger partial charge in [0.1, 0.15) is 0 Å². The van der Waals surface area contributed by atoms with Gasteiger partial charge in [0.25, 0.3) is 4.92 Å². The van der Waals surface area contributed by atoms with Gasteiger partial charge in [-0.05, 0) is 0 Å². The molecule has 28 valence electrons. The zero-order chi connectivity index (χ0) is 3.86. The summed E-state index contributed by atoms with van der Waals surface area (Å²) in [6.45, 7) is 1.69. The second kappa shape index (κ2) is 0.478. The van der Waals surface area contributed by atoms with E-state index in [1.165, 1.54) is 0 Å². The van der Waals surface area contributed by atoms with E-state index in [0.717, 1.165) is 0 Å². The maximum absolute atomic E-state index is 9.58. The van der Waals surface area contributed by atoms with Crippen molar-refractivity contribution >= 4 is 0 Å². The number of hydrogen-bond acceptors (Lipinski definition) is 2. The largest absolute Gasteiger partial charge is 0.456 e. The average molecular weight is 74.1 g/mol. The minimum atomic E-state index is -0.171. The average Bonchev–Trinajstić information content (AvgIpc) is 1.79. The maximum atomic E-state index is 9.58. The Labute approximate surface area is 29.1 Å². The van der Waals surface area contributed by atoms with Crippen molar-refractivity contribution in [1.82, 2.24) is 0 Å². The lowest BCUT2D eigenvalue weighted by Crippen LogP contribution is -1.69. The predicted octanol–water partition coefficient (Wildman–Crippen LogP) is 0.0565. The third-order valence-corrected chi connectivity index (χ3v) is 0.508. The molecular formula is C2H4NO2+. The van der Waals surface area contributed by atoms with Crippen LogP contribution >= 0.6 is 0 Å². The van der Waals surface area contributed by atoms with Crippen molar-refractivity contribution in [3.63, 3.8) is 0 Å². The van der Waals surface area contributed by atoms with Crippen molar-refractivity contribution in [2.45, 2.75) is 13.2 Å². The van der Waals surface area contributed by atoms with Gasteiger partial charge in [-0.2, -0.15) is 0 Å². The monoisotopic (exact) mass is 74.0 g/mol. The lowest BCUT2D eigenvalue weighted by Gasteiger charge is -1.25. The van der Waals surface area contributed by atoms with Crippen LogP contribution in [0.2, 0.25) is 0 Å². The van der Waals surface area contributed by atoms with Crippen molar-refractivity contribution < 1.29 is 9.76 Å². The fraction of sp³-hybridized carbons (Fsp3) is 1.00. The Bertz CT molecular complexity index is 70.0. The lowest BCUT2D eigenvalue weighted by atomic mass is 10.8. The molecule has 1 rings (SSSR count). The summed E-state index contributed by atoms with van der Waals surface area (Å²) in [5.41, 5.74) is 0. The van der Waals surface area contributed by atoms with Crippen molar-refractivity contribution in [3.05, 3.63) is 4.91 Å². The third kappa shape index (κ3) is 0.229. The normalized spacial score (nSPS) is 33.0. The first-order valence-electron chi connectivity index (χ1n) is 1.44. The highest BCUT2D eigenvalue weighted by Gasteiger charge is 2.46. The van der Waals surface area contributed by atoms with Gasteiger partial charge in [-0.3, -0.25) is 0 Å². The molecule has 0 saturated carbocycles. The minimum absolute atomic E-state index is 0.171. The van der Waals surface area contributed by atoms with Gasteiger partial charge in [-0.15, -0.1) is 4.84 Å². The molecule has 0 spiro atoms. The maximum Gasteiger partial charge on any atom is 0.456 e. The van der Waals surface area contributed by atoms with Crippen LogP contribution in [0.4, 0.5) is 0 Å². The van der Waals surface area contributed by atoms with E-state index in [2.05, 4.69) is 4.84 Å². The highest BCUT2D eigenvalue weighted by Crippen LogP contribution is 2.06. The first-order valence-corrected chi connectivity index (χ1v) is 1.44. The Morgan fingerprint density at radius 1 is 2.00 bits per heavy atom. The first-order chi connectivity index (χ1) is 2.30. The predicted molar refractivity (Wildman–Crippen MR) is 14.2 cm³/mol. The van der Waals surface area contributed by atoms with Gasteiger partial charge in [0.15, 0.2) is 0 Å². The van der Waals surface area contributed by atoms with Gasteiger partial charge in [0, 0.05) is 0 Å². The SMILES string of the molecule is CC1O[N+]1=O. The lowest BCUT2D eigenvalue weighted by molar-refractivity contribution is -0.545. The van der Waals surface area contributed by atoms with Crippen LogP contribution in [-0.2, 0) is 4.84 Å². The summed E-state index contributed by atoms with van der Waals surface area (Å²) in [4.78, 5) is 14.3. The molecule has 0 aliphatic carbocycles. The summed E-state index contributed by atoms with van der Waals surface area (Å²) >= 11 is 0. The Morgan fingerprint density at radius 2 is 2.20 bits per heavy atom. The molecule has 1 aliphatic rings. The van der Waals surface area contributed by atoms with Crippen LogP contribution in [0.5, 0.6) is 0 Å². The van der Waals surface area contributed by atoms with Crippen LogP contribution in [0.25, 0.3) is 0 Å². The highest BCUT2D eigenvalue weighted by atomic mass is 16.9. The molecule has 1 unspecified atom stereocenters. The highest BCUT2D eigenvalue weighted by molar-refractivity contribution is 4.21. The van der Waals surface area contributed by atoms with Crippen LogP contribution < -0.4 is 0 Å². The molecule has 0 radical (unpaired) electrons. The van der Waals surface area contributed by atoms with Crippen LogP contribution in [0.1, 0.15) is 6.92 Å². The van der Waals surface area contributed by atoms with E-state index in [9.17, 15) is 4.91 Å². The van der Waals surface area contributed by atoms with E-state index >= 15 is 0 Å². The summed E-state index contributed by atoms with van der Waals surface area (Å²) in [5.74, 6) is 0. The van der Waals surface area contributed by atoms with Crippen LogP contribution in [0, 0.1) is 4.91 Å². The van der Waals surface area contributed by atoms with Gasteiger partial charge in [0.2, 0.25) is 0 Å². The standard InChI is InChI=1S/C2H4NO2/c1-2-3(4)5-2/h2H,1H3/q+1. The van der Waals surface area contributed by atoms with E-state index < -0.39 is 0 Å². The zero-order valence-electron chi connectivity index (χ0n) is 2.84. The summed E-state index contributed by atoms with van der Waals surface area (Å²) in [6.07, 6.45) is -0.171. The summed E-state index contributed by atoms with van der Waals surface area (Å²) < 4.78 is 0. The van der Waals surface area contributed by atoms with Crippen LogP contribution in [-0.4, -0.2) is 11.2 Å². The molecule has 3 nitrogen and oxygen atoms in total. The molecule has 0 aromatic carbocycles. The van der Waals surface area contributed by atoms with Crippen molar-refractivity contribution in [3.8, 4) is 0 Å². The molecule has 0 N–H and O–H groups in total. The van der Waals surface area contributed by atoms with Gasteiger partial charge in [0.05, 0.1) is 11.8 Å². The van der Waals surface area contributed by atoms with Gasteiger partial charge in [-0.25, -0.2) is 0 Å². The topological polar surface area (TPSA) is 32.6 Å². The summed E-state index contributed by atoms with van der Waals surface area (Å²) in [5, 5.41) is 0. The quantitative estimate of drug-likeness (QED) is 0.380. The van der Waals surface area contributed by atoms with Crippen molar-refractivity contribution in [1.29, 1.82) is 0 Å². The molecule has 0 amide bonds. The summed E-state index contributed by atoms with van der Waals surface area (Å²) in [7, 11) is 0. The van der Waals surface area contributed by atoms with E-state index in [1.54, 1.807) is 6.92 Å². The first kappa shape index (κ1) is 2.63. The Balaban J connectivity index is 2.47. The van der Waals surface area contributed by atoms with E-state index in [-0.39, 0.29) is 6.23 Å². The molecule has 5 heavy (non-hydrogen) atoms. The van der Waals surface area contributed by atoms with Crippen LogP contribution in [0.15, 0.2) is 0 Å². The molecule has 3 heteroatoms. The molecule has 1 saturated heterocycles. The van der Waals surface area contributed by atoms with Gasteiger partial charge >= 0.3 is 6.23 Å². The van der Waals surface area contributed by atoms with E-state index in [1.807, 2.05) is 0 Å². The number of rotatable bonds is 0. The Hall–Kier alpha value is -0.600. The molecule has 1 atom stereocenters.